The smallest absolute Gasteiger partial charge is 0.325 e. The second kappa shape index (κ2) is 6.76. The third kappa shape index (κ3) is 3.65. The third-order valence-electron chi connectivity index (χ3n) is 3.47. The topological polar surface area (TPSA) is 104 Å². The Bertz CT molecular complexity index is 662. The fraction of sp³-hybridized carbons (Fsp3) is 0.538. The maximum atomic E-state index is 12.5. The molecule has 1 aliphatic rings. The molecule has 122 valence electrons. The number of carboxylic acids is 1. The summed E-state index contributed by atoms with van der Waals surface area (Å²) in [5.74, 6) is -1.73. The van der Waals surface area contributed by atoms with Crippen molar-refractivity contribution >= 4 is 33.2 Å². The lowest BCUT2D eigenvalue weighted by atomic mass is 10.2. The van der Waals surface area contributed by atoms with E-state index in [0.717, 1.165) is 30.6 Å². The number of carbonyl (C=O) groups is 2. The summed E-state index contributed by atoms with van der Waals surface area (Å²) in [4.78, 5) is 22.9. The third-order valence-corrected chi connectivity index (χ3v) is 6.42. The van der Waals surface area contributed by atoms with Crippen molar-refractivity contribution in [3.63, 3.8) is 0 Å². The van der Waals surface area contributed by atoms with Crippen LogP contribution in [0.3, 0.4) is 0 Å². The van der Waals surface area contributed by atoms with Crippen LogP contribution in [0.2, 0.25) is 0 Å². The number of sulfonamides is 1. The molecule has 1 aromatic rings. The second-order valence-corrected chi connectivity index (χ2v) is 7.99. The Morgan fingerprint density at radius 1 is 1.32 bits per heavy atom. The average Bonchev–Trinajstić information content (AvgIpc) is 2.98. The fourth-order valence-corrected chi connectivity index (χ4v) is 4.84. The van der Waals surface area contributed by atoms with Gasteiger partial charge in [0, 0.05) is 18.5 Å². The van der Waals surface area contributed by atoms with Crippen LogP contribution >= 0.6 is 11.3 Å². The molecule has 1 aliphatic heterocycles. The van der Waals surface area contributed by atoms with Gasteiger partial charge in [0.05, 0.1) is 9.77 Å². The van der Waals surface area contributed by atoms with Crippen LogP contribution in [0.4, 0.5) is 0 Å². The van der Waals surface area contributed by atoms with E-state index in [0.29, 0.717) is 13.1 Å². The maximum absolute atomic E-state index is 12.5. The van der Waals surface area contributed by atoms with E-state index in [1.807, 2.05) is 0 Å². The van der Waals surface area contributed by atoms with E-state index in [-0.39, 0.29) is 9.77 Å². The molecular weight excluding hydrogens is 328 g/mol. The lowest BCUT2D eigenvalue weighted by Crippen LogP contribution is -2.38. The number of nitrogens with zero attached hydrogens (tertiary/aromatic N) is 1. The quantitative estimate of drug-likeness (QED) is 0.832. The molecule has 7 nitrogen and oxygen atoms in total. The van der Waals surface area contributed by atoms with Gasteiger partial charge < -0.3 is 10.4 Å². The van der Waals surface area contributed by atoms with Gasteiger partial charge in [-0.25, -0.2) is 8.42 Å². The highest BCUT2D eigenvalue weighted by molar-refractivity contribution is 7.89. The normalized spacial score (nSPS) is 17.9. The molecule has 1 saturated heterocycles. The Hall–Kier alpha value is -1.45. The minimum Gasteiger partial charge on any atom is -0.480 e. The molecule has 2 N–H and O–H groups in total. The summed E-state index contributed by atoms with van der Waals surface area (Å²) in [6.45, 7) is 2.34. The summed E-state index contributed by atoms with van der Waals surface area (Å²) >= 11 is 0.991. The van der Waals surface area contributed by atoms with Gasteiger partial charge in [-0.3, -0.25) is 9.59 Å². The van der Waals surface area contributed by atoms with Crippen LogP contribution in [0.15, 0.2) is 16.3 Å². The molecule has 9 heteroatoms. The Kier molecular flexibility index (Phi) is 5.20. The van der Waals surface area contributed by atoms with Gasteiger partial charge in [-0.05, 0) is 25.8 Å². The van der Waals surface area contributed by atoms with Gasteiger partial charge >= 0.3 is 5.97 Å². The van der Waals surface area contributed by atoms with E-state index in [1.54, 1.807) is 0 Å². The first-order chi connectivity index (χ1) is 10.3. The minimum atomic E-state index is -3.57. The van der Waals surface area contributed by atoms with Crippen molar-refractivity contribution in [2.45, 2.75) is 37.1 Å². The fourth-order valence-electron chi connectivity index (χ4n) is 2.16. The zero-order valence-corrected chi connectivity index (χ0v) is 13.7. The van der Waals surface area contributed by atoms with Crippen molar-refractivity contribution in [3.8, 4) is 0 Å². The summed E-state index contributed by atoms with van der Waals surface area (Å²) in [7, 11) is -3.57. The van der Waals surface area contributed by atoms with E-state index in [2.05, 4.69) is 5.32 Å². The molecule has 0 bridgehead atoms. The van der Waals surface area contributed by atoms with Crippen LogP contribution in [0, 0.1) is 0 Å². The lowest BCUT2D eigenvalue weighted by molar-refractivity contribution is -0.138. The SMILES string of the molecule is CC(NC(=O)c1cc(S(=O)(=O)N2CCCCC2)cs1)C(=O)O. The van der Waals surface area contributed by atoms with Gasteiger partial charge in [0.2, 0.25) is 10.0 Å². The number of piperidine rings is 1. The largest absolute Gasteiger partial charge is 0.480 e. The number of rotatable bonds is 5. The van der Waals surface area contributed by atoms with Gasteiger partial charge in [-0.2, -0.15) is 4.31 Å². The Morgan fingerprint density at radius 2 is 1.95 bits per heavy atom. The first-order valence-electron chi connectivity index (χ1n) is 6.94. The standard InChI is InChI=1S/C13H18N2O5S2/c1-9(13(17)18)14-12(16)11-7-10(8-21-11)22(19,20)15-5-3-2-4-6-15/h7-9H,2-6H2,1H3,(H,14,16)(H,17,18). The number of thiophene rings is 1. The van der Waals surface area contributed by atoms with Crippen LogP contribution < -0.4 is 5.32 Å². The van der Waals surface area contributed by atoms with E-state index in [4.69, 9.17) is 5.11 Å². The Labute approximate surface area is 133 Å². The van der Waals surface area contributed by atoms with E-state index >= 15 is 0 Å². The molecule has 0 aliphatic carbocycles. The van der Waals surface area contributed by atoms with Crippen LogP contribution in [-0.2, 0) is 14.8 Å². The van der Waals surface area contributed by atoms with Crippen molar-refractivity contribution in [2.24, 2.45) is 0 Å². The van der Waals surface area contributed by atoms with Gasteiger partial charge in [0.1, 0.15) is 6.04 Å². The first-order valence-corrected chi connectivity index (χ1v) is 9.26. The molecule has 0 spiro atoms. The lowest BCUT2D eigenvalue weighted by Gasteiger charge is -2.25. The predicted octanol–water partition coefficient (Wildman–Crippen LogP) is 1.13. The highest BCUT2D eigenvalue weighted by Crippen LogP contribution is 2.25. The van der Waals surface area contributed by atoms with Gasteiger partial charge in [0.15, 0.2) is 0 Å². The molecular formula is C13H18N2O5S2. The Balaban J connectivity index is 2.13. The molecule has 0 radical (unpaired) electrons. The molecule has 2 rings (SSSR count). The molecule has 0 saturated carbocycles. The van der Waals surface area contributed by atoms with Crippen LogP contribution in [0.1, 0.15) is 35.9 Å². The number of nitrogens with one attached hydrogen (secondary N) is 1. The molecule has 2 heterocycles. The number of hydrogen-bond acceptors (Lipinski definition) is 5. The number of carboxylic acid groups (broad SMARTS) is 1. The zero-order valence-electron chi connectivity index (χ0n) is 12.1. The van der Waals surface area contributed by atoms with Crippen LogP contribution in [0.5, 0.6) is 0 Å². The monoisotopic (exact) mass is 346 g/mol. The highest BCUT2D eigenvalue weighted by atomic mass is 32.2. The van der Waals surface area contributed by atoms with Gasteiger partial charge in [0.25, 0.3) is 5.91 Å². The summed E-state index contributed by atoms with van der Waals surface area (Å²) in [5, 5.41) is 12.5. The summed E-state index contributed by atoms with van der Waals surface area (Å²) < 4.78 is 26.4. The van der Waals surface area contributed by atoms with Gasteiger partial charge in [-0.15, -0.1) is 11.3 Å². The second-order valence-electron chi connectivity index (χ2n) is 5.14. The molecule has 1 fully saturated rings. The van der Waals surface area contributed by atoms with E-state index in [9.17, 15) is 18.0 Å². The molecule has 1 amide bonds. The zero-order chi connectivity index (χ0) is 16.3. The Morgan fingerprint density at radius 3 is 2.55 bits per heavy atom. The van der Waals surface area contributed by atoms with Crippen LogP contribution in [0.25, 0.3) is 0 Å². The number of aliphatic carboxylic acids is 1. The molecule has 22 heavy (non-hydrogen) atoms. The van der Waals surface area contributed by atoms with Crippen molar-refractivity contribution in [2.75, 3.05) is 13.1 Å². The van der Waals surface area contributed by atoms with Crippen molar-refractivity contribution < 1.29 is 23.1 Å². The number of amides is 1. The average molecular weight is 346 g/mol. The van der Waals surface area contributed by atoms with Crippen molar-refractivity contribution in [3.05, 3.63) is 16.3 Å². The summed E-state index contributed by atoms with van der Waals surface area (Å²) in [6, 6.07) is 0.273. The minimum absolute atomic E-state index is 0.0903. The van der Waals surface area contributed by atoms with E-state index in [1.165, 1.54) is 22.7 Å². The molecule has 0 aromatic carbocycles. The molecule has 1 unspecified atom stereocenters. The van der Waals surface area contributed by atoms with Gasteiger partial charge in [-0.1, -0.05) is 6.42 Å². The highest BCUT2D eigenvalue weighted by Gasteiger charge is 2.28. The maximum Gasteiger partial charge on any atom is 0.325 e. The summed E-state index contributed by atoms with van der Waals surface area (Å²) in [6.07, 6.45) is 2.70. The number of hydrogen-bond donors (Lipinski definition) is 2. The molecule has 1 atom stereocenters. The van der Waals surface area contributed by atoms with Crippen molar-refractivity contribution in [1.29, 1.82) is 0 Å². The van der Waals surface area contributed by atoms with E-state index < -0.39 is 27.9 Å². The number of carbonyl (C=O) groups excluding carboxylic acids is 1. The van der Waals surface area contributed by atoms with Crippen molar-refractivity contribution in [1.82, 2.24) is 9.62 Å². The van der Waals surface area contributed by atoms with Crippen LogP contribution in [-0.4, -0.2) is 48.8 Å². The molecule has 1 aromatic heterocycles. The predicted molar refractivity (Wildman–Crippen MR) is 81.5 cm³/mol. The first kappa shape index (κ1) is 16.9. The summed E-state index contributed by atoms with van der Waals surface area (Å²) in [5.41, 5.74) is 0.